The summed E-state index contributed by atoms with van der Waals surface area (Å²) in [5.74, 6) is -0.454. The molecule has 2 atom stereocenters. The van der Waals surface area contributed by atoms with Gasteiger partial charge in [-0.3, -0.25) is 10.1 Å². The first kappa shape index (κ1) is 18.2. The Hall–Kier alpha value is -1.62. The molecule has 0 aromatic heterocycles. The Morgan fingerprint density at radius 3 is 2.44 bits per heavy atom. The van der Waals surface area contributed by atoms with Crippen molar-refractivity contribution in [3.05, 3.63) is 69.5 Å². The number of carbonyl (C=O) groups is 1. The van der Waals surface area contributed by atoms with Crippen LogP contribution < -0.4 is 10.6 Å². The molecule has 132 valence electrons. The zero-order valence-electron chi connectivity index (χ0n) is 13.7. The fourth-order valence-electron chi connectivity index (χ4n) is 2.68. The van der Waals surface area contributed by atoms with Crippen molar-refractivity contribution in [2.24, 2.45) is 0 Å². The van der Waals surface area contributed by atoms with Crippen molar-refractivity contribution >= 4 is 29.1 Å². The van der Waals surface area contributed by atoms with Crippen LogP contribution in [0.5, 0.6) is 0 Å². The third-order valence-electron chi connectivity index (χ3n) is 4.23. The molecule has 0 radical (unpaired) electrons. The molecule has 3 rings (SSSR count). The van der Waals surface area contributed by atoms with Crippen LogP contribution >= 0.6 is 23.2 Å². The van der Waals surface area contributed by atoms with Crippen LogP contribution in [-0.2, 0) is 4.79 Å². The van der Waals surface area contributed by atoms with E-state index in [4.69, 9.17) is 23.2 Å². The highest BCUT2D eigenvalue weighted by molar-refractivity contribution is 6.35. The number of benzene rings is 2. The van der Waals surface area contributed by atoms with Crippen LogP contribution in [0.1, 0.15) is 43.0 Å². The lowest BCUT2D eigenvalue weighted by molar-refractivity contribution is -0.123. The molecule has 3 nitrogen and oxygen atoms in total. The van der Waals surface area contributed by atoms with Gasteiger partial charge in [0, 0.05) is 22.1 Å². The van der Waals surface area contributed by atoms with E-state index in [1.54, 1.807) is 24.3 Å². The van der Waals surface area contributed by atoms with E-state index in [1.807, 2.05) is 13.0 Å². The molecule has 0 spiro atoms. The van der Waals surface area contributed by atoms with E-state index in [9.17, 15) is 9.18 Å². The van der Waals surface area contributed by atoms with Gasteiger partial charge in [0.2, 0.25) is 5.91 Å². The number of hydrogen-bond donors (Lipinski definition) is 2. The van der Waals surface area contributed by atoms with Gasteiger partial charge >= 0.3 is 0 Å². The Kier molecular flexibility index (Phi) is 5.62. The van der Waals surface area contributed by atoms with Gasteiger partial charge in [-0.05, 0) is 55.2 Å². The second kappa shape index (κ2) is 7.73. The van der Waals surface area contributed by atoms with Gasteiger partial charge in [0.05, 0.1) is 0 Å². The summed E-state index contributed by atoms with van der Waals surface area (Å²) in [7, 11) is 0. The van der Waals surface area contributed by atoms with Crippen molar-refractivity contribution in [1.29, 1.82) is 0 Å². The van der Waals surface area contributed by atoms with E-state index in [-0.39, 0.29) is 23.8 Å². The van der Waals surface area contributed by atoms with Crippen molar-refractivity contribution in [1.82, 2.24) is 10.6 Å². The zero-order chi connectivity index (χ0) is 18.0. The molecule has 1 aliphatic carbocycles. The average molecular weight is 381 g/mol. The van der Waals surface area contributed by atoms with Crippen molar-refractivity contribution in [3.63, 3.8) is 0 Å². The molecule has 0 unspecified atom stereocenters. The maximum atomic E-state index is 13.2. The smallest absolute Gasteiger partial charge is 0.241 e. The van der Waals surface area contributed by atoms with Crippen LogP contribution in [0.2, 0.25) is 10.0 Å². The molecule has 0 heterocycles. The average Bonchev–Trinajstić information content (AvgIpc) is 3.37. The van der Waals surface area contributed by atoms with Crippen molar-refractivity contribution in [2.45, 2.75) is 37.9 Å². The molecule has 6 heteroatoms. The highest BCUT2D eigenvalue weighted by atomic mass is 35.5. The molecular weight excluding hydrogens is 362 g/mol. The SMILES string of the molecule is C[C@H](N[C@@H](C(=O)NC1CC1)c1ccc(F)cc1)c1ccc(Cl)cc1Cl. The fraction of sp³-hybridized carbons (Fsp3) is 0.316. The summed E-state index contributed by atoms with van der Waals surface area (Å²) >= 11 is 12.2. The molecule has 1 fully saturated rings. The summed E-state index contributed by atoms with van der Waals surface area (Å²) in [5.41, 5.74) is 1.55. The minimum absolute atomic E-state index is 0.119. The van der Waals surface area contributed by atoms with E-state index in [0.29, 0.717) is 15.6 Å². The highest BCUT2D eigenvalue weighted by Crippen LogP contribution is 2.29. The van der Waals surface area contributed by atoms with E-state index in [1.165, 1.54) is 12.1 Å². The van der Waals surface area contributed by atoms with E-state index in [0.717, 1.165) is 18.4 Å². The molecule has 2 aromatic rings. The van der Waals surface area contributed by atoms with Crippen LogP contribution in [0, 0.1) is 5.82 Å². The number of halogens is 3. The predicted molar refractivity (Wildman–Crippen MR) is 98.3 cm³/mol. The number of amides is 1. The lowest BCUT2D eigenvalue weighted by Gasteiger charge is -2.24. The van der Waals surface area contributed by atoms with Crippen molar-refractivity contribution in [3.8, 4) is 0 Å². The lowest BCUT2D eigenvalue weighted by Crippen LogP contribution is -2.39. The molecule has 0 saturated heterocycles. The molecule has 0 bridgehead atoms. The maximum absolute atomic E-state index is 13.2. The summed E-state index contributed by atoms with van der Waals surface area (Å²) in [6.07, 6.45) is 2.00. The molecule has 1 saturated carbocycles. The Bertz CT molecular complexity index is 763. The Labute approximate surface area is 156 Å². The summed E-state index contributed by atoms with van der Waals surface area (Å²) < 4.78 is 13.2. The lowest BCUT2D eigenvalue weighted by atomic mass is 10.0. The van der Waals surface area contributed by atoms with Gasteiger partial charge in [0.1, 0.15) is 11.9 Å². The van der Waals surface area contributed by atoms with Crippen LogP contribution in [0.15, 0.2) is 42.5 Å². The van der Waals surface area contributed by atoms with E-state index >= 15 is 0 Å². The van der Waals surface area contributed by atoms with Crippen molar-refractivity contribution in [2.75, 3.05) is 0 Å². The quantitative estimate of drug-likeness (QED) is 0.755. The minimum atomic E-state index is -0.594. The van der Waals surface area contributed by atoms with Gasteiger partial charge < -0.3 is 5.32 Å². The second-order valence-corrected chi connectivity index (χ2v) is 7.17. The van der Waals surface area contributed by atoms with Gasteiger partial charge in [-0.1, -0.05) is 41.4 Å². The van der Waals surface area contributed by atoms with Gasteiger partial charge in [0.15, 0.2) is 0 Å². The Balaban J connectivity index is 1.82. The van der Waals surface area contributed by atoms with E-state index in [2.05, 4.69) is 10.6 Å². The third-order valence-corrected chi connectivity index (χ3v) is 4.80. The normalized spacial score (nSPS) is 16.3. The minimum Gasteiger partial charge on any atom is -0.352 e. The summed E-state index contributed by atoms with van der Waals surface area (Å²) in [6.45, 7) is 1.93. The van der Waals surface area contributed by atoms with Gasteiger partial charge in [-0.25, -0.2) is 4.39 Å². The molecular formula is C19H19Cl2FN2O. The predicted octanol–water partition coefficient (Wildman–Crippen LogP) is 4.80. The topological polar surface area (TPSA) is 41.1 Å². The number of hydrogen-bond acceptors (Lipinski definition) is 2. The van der Waals surface area contributed by atoms with Crippen molar-refractivity contribution < 1.29 is 9.18 Å². The number of nitrogens with one attached hydrogen (secondary N) is 2. The van der Waals surface area contributed by atoms with Gasteiger partial charge in [-0.2, -0.15) is 0 Å². The highest BCUT2D eigenvalue weighted by Gasteiger charge is 2.29. The Morgan fingerprint density at radius 1 is 1.16 bits per heavy atom. The number of rotatable bonds is 6. The summed E-state index contributed by atoms with van der Waals surface area (Å²) in [6, 6.07) is 10.7. The number of carbonyl (C=O) groups excluding carboxylic acids is 1. The largest absolute Gasteiger partial charge is 0.352 e. The third kappa shape index (κ3) is 4.72. The summed E-state index contributed by atoms with van der Waals surface area (Å²) in [4.78, 5) is 12.7. The van der Waals surface area contributed by atoms with Crippen LogP contribution in [0.3, 0.4) is 0 Å². The molecule has 1 aliphatic rings. The zero-order valence-corrected chi connectivity index (χ0v) is 15.2. The summed E-state index contributed by atoms with van der Waals surface area (Å²) in [5, 5.41) is 7.39. The molecule has 2 N–H and O–H groups in total. The first-order valence-electron chi connectivity index (χ1n) is 8.21. The second-order valence-electron chi connectivity index (χ2n) is 6.32. The van der Waals surface area contributed by atoms with Gasteiger partial charge in [-0.15, -0.1) is 0 Å². The Morgan fingerprint density at radius 2 is 1.84 bits per heavy atom. The van der Waals surface area contributed by atoms with Gasteiger partial charge in [0.25, 0.3) is 0 Å². The fourth-order valence-corrected chi connectivity index (χ4v) is 3.26. The monoisotopic (exact) mass is 380 g/mol. The van der Waals surface area contributed by atoms with Crippen LogP contribution in [0.25, 0.3) is 0 Å². The first-order chi connectivity index (χ1) is 11.9. The first-order valence-corrected chi connectivity index (χ1v) is 8.96. The van der Waals surface area contributed by atoms with E-state index < -0.39 is 6.04 Å². The molecule has 1 amide bonds. The maximum Gasteiger partial charge on any atom is 0.241 e. The molecule has 2 aromatic carbocycles. The van der Waals surface area contributed by atoms with Crippen LogP contribution in [0.4, 0.5) is 4.39 Å². The molecule has 0 aliphatic heterocycles. The molecule has 25 heavy (non-hydrogen) atoms. The van der Waals surface area contributed by atoms with Crippen LogP contribution in [-0.4, -0.2) is 11.9 Å². The standard InChI is InChI=1S/C19H19Cl2FN2O/c1-11(16-9-4-13(20)10-17(16)21)23-18(19(25)24-15-7-8-15)12-2-5-14(22)6-3-12/h2-6,9-11,15,18,23H,7-8H2,1H3,(H,24,25)/t11-,18+/m0/s1.